The normalized spacial score (nSPS) is 10.9. The number of nitrogens with zero attached hydrogens (tertiary/aromatic N) is 1. The molecule has 0 bridgehead atoms. The number of nitrogens with one attached hydrogen (secondary N) is 2. The van der Waals surface area contributed by atoms with E-state index < -0.39 is 11.9 Å². The van der Waals surface area contributed by atoms with Gasteiger partial charge in [-0.3, -0.25) is 10.1 Å². The van der Waals surface area contributed by atoms with Crippen LogP contribution in [-0.4, -0.2) is 28.2 Å². The second kappa shape index (κ2) is 6.77. The first-order chi connectivity index (χ1) is 8.78. The minimum absolute atomic E-state index is 0.0777. The van der Waals surface area contributed by atoms with Crippen molar-refractivity contribution in [2.75, 3.05) is 5.75 Å². The fraction of sp³-hybridized carbons (Fsp3) is 0.417. The van der Waals surface area contributed by atoms with Gasteiger partial charge in [-0.1, -0.05) is 23.4 Å². The number of imide groups is 1. The molecule has 104 valence electrons. The van der Waals surface area contributed by atoms with Crippen LogP contribution >= 0.6 is 23.4 Å². The number of carbonyl (C=O) groups excluding carboxylic acids is 2. The van der Waals surface area contributed by atoms with Crippen molar-refractivity contribution in [2.24, 2.45) is 0 Å². The standard InChI is InChI=1S/C12H16ClN3O2S/c1-12(2,3)16-11(18)15-9(17)7-19-10-8(13)5-4-6-14-10/h4-6H,7H2,1-3H3,(H2,15,16,17,18). The van der Waals surface area contributed by atoms with Crippen molar-refractivity contribution >= 4 is 35.3 Å². The van der Waals surface area contributed by atoms with Gasteiger partial charge >= 0.3 is 6.03 Å². The summed E-state index contributed by atoms with van der Waals surface area (Å²) in [5.74, 6) is -0.317. The van der Waals surface area contributed by atoms with E-state index in [0.717, 1.165) is 0 Å². The van der Waals surface area contributed by atoms with Crippen molar-refractivity contribution in [2.45, 2.75) is 31.3 Å². The van der Waals surface area contributed by atoms with Gasteiger partial charge < -0.3 is 5.32 Å². The molecule has 0 saturated carbocycles. The minimum atomic E-state index is -0.509. The Labute approximate surface area is 121 Å². The van der Waals surface area contributed by atoms with Gasteiger partial charge in [-0.25, -0.2) is 9.78 Å². The molecule has 0 aliphatic heterocycles. The number of thioether (sulfide) groups is 1. The summed E-state index contributed by atoms with van der Waals surface area (Å²) in [7, 11) is 0. The maximum Gasteiger partial charge on any atom is 0.321 e. The van der Waals surface area contributed by atoms with Crippen LogP contribution in [0, 0.1) is 0 Å². The highest BCUT2D eigenvalue weighted by atomic mass is 35.5. The molecular formula is C12H16ClN3O2S. The van der Waals surface area contributed by atoms with E-state index in [1.807, 2.05) is 20.8 Å². The highest BCUT2D eigenvalue weighted by Gasteiger charge is 2.16. The molecule has 0 radical (unpaired) electrons. The lowest BCUT2D eigenvalue weighted by Crippen LogP contribution is -2.48. The van der Waals surface area contributed by atoms with Crippen LogP contribution in [0.25, 0.3) is 0 Å². The summed E-state index contributed by atoms with van der Waals surface area (Å²) in [4.78, 5) is 27.1. The van der Waals surface area contributed by atoms with Crippen molar-refractivity contribution < 1.29 is 9.59 Å². The van der Waals surface area contributed by atoms with Crippen molar-refractivity contribution in [1.29, 1.82) is 0 Å². The van der Waals surface area contributed by atoms with Gasteiger partial charge in [0, 0.05) is 11.7 Å². The zero-order valence-electron chi connectivity index (χ0n) is 11.0. The van der Waals surface area contributed by atoms with Crippen LogP contribution in [0.5, 0.6) is 0 Å². The number of hydrogen-bond acceptors (Lipinski definition) is 4. The molecule has 1 rings (SSSR count). The first kappa shape index (κ1) is 15.8. The molecule has 1 aromatic heterocycles. The average molecular weight is 302 g/mol. The molecule has 0 aromatic carbocycles. The number of hydrogen-bond donors (Lipinski definition) is 2. The van der Waals surface area contributed by atoms with E-state index in [2.05, 4.69) is 15.6 Å². The lowest BCUT2D eigenvalue weighted by atomic mass is 10.1. The Kier molecular flexibility index (Phi) is 5.62. The van der Waals surface area contributed by atoms with Crippen molar-refractivity contribution in [1.82, 2.24) is 15.6 Å². The van der Waals surface area contributed by atoms with Crippen LogP contribution in [0.1, 0.15) is 20.8 Å². The quantitative estimate of drug-likeness (QED) is 0.841. The second-order valence-corrected chi connectivity index (χ2v) is 6.20. The summed E-state index contributed by atoms with van der Waals surface area (Å²) in [6, 6.07) is 2.90. The van der Waals surface area contributed by atoms with Crippen LogP contribution in [0.3, 0.4) is 0 Å². The number of rotatable bonds is 3. The third kappa shape index (κ3) is 6.45. The van der Waals surface area contributed by atoms with E-state index >= 15 is 0 Å². The van der Waals surface area contributed by atoms with Gasteiger partial charge in [-0.15, -0.1) is 0 Å². The van der Waals surface area contributed by atoms with E-state index in [4.69, 9.17) is 11.6 Å². The highest BCUT2D eigenvalue weighted by Crippen LogP contribution is 2.23. The number of carbonyl (C=O) groups is 2. The van der Waals surface area contributed by atoms with E-state index in [1.165, 1.54) is 11.8 Å². The monoisotopic (exact) mass is 301 g/mol. The van der Waals surface area contributed by atoms with Crippen molar-refractivity contribution in [3.63, 3.8) is 0 Å². The number of pyridine rings is 1. The molecule has 0 atom stereocenters. The van der Waals surface area contributed by atoms with E-state index in [1.54, 1.807) is 18.3 Å². The van der Waals surface area contributed by atoms with Gasteiger partial charge in [-0.2, -0.15) is 0 Å². The Bertz CT molecular complexity index is 474. The molecule has 1 aromatic rings. The Balaban J connectivity index is 2.40. The molecule has 2 N–H and O–H groups in total. The third-order valence-corrected chi connectivity index (χ3v) is 3.23. The largest absolute Gasteiger partial charge is 0.333 e. The predicted octanol–water partition coefficient (Wildman–Crippen LogP) is 2.45. The van der Waals surface area contributed by atoms with Crippen LogP contribution in [0.2, 0.25) is 5.02 Å². The van der Waals surface area contributed by atoms with Gasteiger partial charge in [-0.05, 0) is 32.9 Å². The van der Waals surface area contributed by atoms with Crippen LogP contribution < -0.4 is 10.6 Å². The first-order valence-corrected chi connectivity index (χ1v) is 6.99. The maximum absolute atomic E-state index is 11.6. The molecule has 5 nitrogen and oxygen atoms in total. The topological polar surface area (TPSA) is 71.1 Å². The Morgan fingerprint density at radius 1 is 1.42 bits per heavy atom. The van der Waals surface area contributed by atoms with E-state index in [9.17, 15) is 9.59 Å². The summed E-state index contributed by atoms with van der Waals surface area (Å²) >= 11 is 7.09. The molecule has 7 heteroatoms. The van der Waals surface area contributed by atoms with Gasteiger partial charge in [0.1, 0.15) is 5.03 Å². The lowest BCUT2D eigenvalue weighted by molar-refractivity contribution is -0.117. The lowest BCUT2D eigenvalue weighted by Gasteiger charge is -2.20. The molecule has 1 heterocycles. The molecule has 3 amide bonds. The smallest absolute Gasteiger partial charge is 0.321 e. The fourth-order valence-electron chi connectivity index (χ4n) is 1.15. The minimum Gasteiger partial charge on any atom is -0.333 e. The SMILES string of the molecule is CC(C)(C)NC(=O)NC(=O)CSc1ncccc1Cl. The van der Waals surface area contributed by atoms with Gasteiger partial charge in [0.15, 0.2) is 0 Å². The number of halogens is 1. The van der Waals surface area contributed by atoms with Gasteiger partial charge in [0.2, 0.25) is 5.91 Å². The Hall–Kier alpha value is -1.27. The maximum atomic E-state index is 11.6. The zero-order valence-corrected chi connectivity index (χ0v) is 12.6. The van der Waals surface area contributed by atoms with E-state index in [-0.39, 0.29) is 11.3 Å². The molecule has 0 unspecified atom stereocenters. The molecule has 0 aliphatic carbocycles. The van der Waals surface area contributed by atoms with Crippen LogP contribution in [0.15, 0.2) is 23.4 Å². The molecular weight excluding hydrogens is 286 g/mol. The zero-order chi connectivity index (χ0) is 14.5. The Morgan fingerprint density at radius 2 is 2.11 bits per heavy atom. The fourth-order valence-corrected chi connectivity index (χ4v) is 2.11. The summed E-state index contributed by atoms with van der Waals surface area (Å²) in [5.41, 5.74) is -0.387. The van der Waals surface area contributed by atoms with Crippen molar-refractivity contribution in [3.05, 3.63) is 23.4 Å². The van der Waals surface area contributed by atoms with Crippen LogP contribution in [0.4, 0.5) is 4.79 Å². The average Bonchev–Trinajstić information content (AvgIpc) is 2.25. The molecule has 0 aliphatic rings. The summed E-state index contributed by atoms with van der Waals surface area (Å²) in [6.07, 6.45) is 1.60. The number of aromatic nitrogens is 1. The van der Waals surface area contributed by atoms with Gasteiger partial charge in [0.25, 0.3) is 0 Å². The number of amides is 3. The summed E-state index contributed by atoms with van der Waals surface area (Å²) in [6.45, 7) is 5.50. The molecule has 0 fully saturated rings. The second-order valence-electron chi connectivity index (χ2n) is 4.83. The molecule has 0 saturated heterocycles. The Morgan fingerprint density at radius 3 is 2.68 bits per heavy atom. The number of urea groups is 1. The third-order valence-electron chi connectivity index (χ3n) is 1.81. The molecule has 0 spiro atoms. The molecule has 19 heavy (non-hydrogen) atoms. The van der Waals surface area contributed by atoms with Crippen molar-refractivity contribution in [3.8, 4) is 0 Å². The van der Waals surface area contributed by atoms with E-state index in [0.29, 0.717) is 10.0 Å². The highest BCUT2D eigenvalue weighted by molar-refractivity contribution is 8.00. The summed E-state index contributed by atoms with van der Waals surface area (Å²) < 4.78 is 0. The van der Waals surface area contributed by atoms with Gasteiger partial charge in [0.05, 0.1) is 10.8 Å². The predicted molar refractivity (Wildman–Crippen MR) is 76.4 cm³/mol. The van der Waals surface area contributed by atoms with Crippen LogP contribution in [-0.2, 0) is 4.79 Å². The summed E-state index contributed by atoms with van der Waals surface area (Å²) in [5, 5.41) is 5.93. The first-order valence-electron chi connectivity index (χ1n) is 5.63.